The van der Waals surface area contributed by atoms with Gasteiger partial charge in [0.05, 0.1) is 6.04 Å². The quantitative estimate of drug-likeness (QED) is 0.896. The van der Waals surface area contributed by atoms with Crippen molar-refractivity contribution in [2.75, 3.05) is 6.54 Å². The fourth-order valence-electron chi connectivity index (χ4n) is 2.99. The maximum absolute atomic E-state index is 14.1. The van der Waals surface area contributed by atoms with E-state index in [0.29, 0.717) is 12.8 Å². The van der Waals surface area contributed by atoms with Crippen molar-refractivity contribution in [2.45, 2.75) is 44.1 Å². The van der Waals surface area contributed by atoms with E-state index in [1.165, 1.54) is 18.2 Å². The van der Waals surface area contributed by atoms with E-state index in [9.17, 15) is 13.6 Å². The van der Waals surface area contributed by atoms with Gasteiger partial charge in [-0.2, -0.15) is 0 Å². The first-order valence-corrected chi connectivity index (χ1v) is 6.94. The zero-order valence-electron chi connectivity index (χ0n) is 12.0. The monoisotopic (exact) mass is 318 g/mol. The number of carbonyl (C=O) groups excluding carboxylic acids is 1. The third-order valence-corrected chi connectivity index (χ3v) is 4.07. The van der Waals surface area contributed by atoms with Gasteiger partial charge in [-0.25, -0.2) is 8.78 Å². The summed E-state index contributed by atoms with van der Waals surface area (Å²) in [5.41, 5.74) is 4.95. The molecule has 0 radical (unpaired) electrons. The molecule has 1 atom stereocenters. The molecule has 1 fully saturated rings. The van der Waals surface area contributed by atoms with Crippen molar-refractivity contribution >= 4 is 18.3 Å². The zero-order valence-corrected chi connectivity index (χ0v) is 12.8. The average Bonchev–Trinajstić information content (AvgIpc) is 2.85. The van der Waals surface area contributed by atoms with Gasteiger partial charge in [0.2, 0.25) is 5.91 Å². The van der Waals surface area contributed by atoms with Gasteiger partial charge in [0.1, 0.15) is 11.6 Å². The van der Waals surface area contributed by atoms with Gasteiger partial charge in [-0.05, 0) is 31.9 Å². The Morgan fingerprint density at radius 2 is 1.86 bits per heavy atom. The number of halogens is 3. The largest absolute Gasteiger partial charge is 0.354 e. The summed E-state index contributed by atoms with van der Waals surface area (Å²) >= 11 is 0. The third-order valence-electron chi connectivity index (χ3n) is 4.07. The number of benzene rings is 1. The van der Waals surface area contributed by atoms with E-state index in [4.69, 9.17) is 5.73 Å². The van der Waals surface area contributed by atoms with Crippen molar-refractivity contribution in [3.63, 3.8) is 0 Å². The number of carbonyl (C=O) groups is 1. The van der Waals surface area contributed by atoms with Crippen LogP contribution < -0.4 is 11.1 Å². The van der Waals surface area contributed by atoms with Crippen LogP contribution in [0.2, 0.25) is 0 Å². The molecule has 0 aliphatic heterocycles. The predicted molar refractivity (Wildman–Crippen MR) is 80.4 cm³/mol. The average molecular weight is 319 g/mol. The summed E-state index contributed by atoms with van der Waals surface area (Å²) in [5.74, 6) is -1.38. The minimum atomic E-state index is -0.653. The zero-order chi connectivity index (χ0) is 14.8. The molecule has 118 valence electrons. The molecule has 0 saturated heterocycles. The van der Waals surface area contributed by atoms with E-state index in [2.05, 4.69) is 5.32 Å². The van der Waals surface area contributed by atoms with Crippen LogP contribution in [0.15, 0.2) is 18.2 Å². The van der Waals surface area contributed by atoms with Gasteiger partial charge in [-0.1, -0.05) is 18.9 Å². The van der Waals surface area contributed by atoms with Crippen LogP contribution in [0.3, 0.4) is 0 Å². The molecule has 1 saturated carbocycles. The topological polar surface area (TPSA) is 55.1 Å². The Balaban J connectivity index is 0.00000220. The van der Waals surface area contributed by atoms with Crippen LogP contribution in [0.25, 0.3) is 0 Å². The summed E-state index contributed by atoms with van der Waals surface area (Å²) in [7, 11) is 0. The summed E-state index contributed by atoms with van der Waals surface area (Å²) < 4.78 is 28.1. The molecule has 0 spiro atoms. The first-order valence-electron chi connectivity index (χ1n) is 6.94. The molecule has 2 rings (SSSR count). The van der Waals surface area contributed by atoms with Gasteiger partial charge in [0.25, 0.3) is 0 Å². The van der Waals surface area contributed by atoms with Crippen LogP contribution in [0.4, 0.5) is 8.78 Å². The molecule has 3 N–H and O–H groups in total. The highest BCUT2D eigenvalue weighted by molar-refractivity contribution is 5.85. The lowest BCUT2D eigenvalue weighted by Gasteiger charge is -2.31. The lowest BCUT2D eigenvalue weighted by molar-refractivity contribution is -0.122. The molecular formula is C15H21ClF2N2O. The molecule has 0 unspecified atom stereocenters. The Kier molecular flexibility index (Phi) is 6.10. The SMILES string of the molecule is C[C@H](N)C(=O)NCC1(c2c(F)cccc2F)CCCC1.Cl. The highest BCUT2D eigenvalue weighted by Crippen LogP contribution is 2.42. The van der Waals surface area contributed by atoms with Gasteiger partial charge in [0.15, 0.2) is 0 Å². The Labute approximate surface area is 129 Å². The Morgan fingerprint density at radius 1 is 1.33 bits per heavy atom. The normalized spacial score (nSPS) is 17.9. The van der Waals surface area contributed by atoms with E-state index in [1.807, 2.05) is 0 Å². The second kappa shape index (κ2) is 7.18. The molecule has 1 aliphatic rings. The summed E-state index contributed by atoms with van der Waals surface area (Å²) in [4.78, 5) is 11.6. The summed E-state index contributed by atoms with van der Waals surface area (Å²) in [6.45, 7) is 1.81. The third kappa shape index (κ3) is 3.71. The number of hydrogen-bond acceptors (Lipinski definition) is 2. The van der Waals surface area contributed by atoms with Gasteiger partial charge in [-0.3, -0.25) is 4.79 Å². The van der Waals surface area contributed by atoms with Gasteiger partial charge < -0.3 is 11.1 Å². The van der Waals surface area contributed by atoms with Crippen molar-refractivity contribution in [1.29, 1.82) is 0 Å². The molecule has 0 heterocycles. The van der Waals surface area contributed by atoms with E-state index in [-0.39, 0.29) is 30.4 Å². The maximum Gasteiger partial charge on any atom is 0.236 e. The lowest BCUT2D eigenvalue weighted by Crippen LogP contribution is -2.45. The fraction of sp³-hybridized carbons (Fsp3) is 0.533. The van der Waals surface area contributed by atoms with E-state index in [1.54, 1.807) is 6.92 Å². The number of nitrogens with two attached hydrogens (primary N) is 1. The van der Waals surface area contributed by atoms with E-state index >= 15 is 0 Å². The molecule has 21 heavy (non-hydrogen) atoms. The summed E-state index contributed by atoms with van der Waals surface area (Å²) in [6, 6.07) is 3.27. The second-order valence-electron chi connectivity index (χ2n) is 5.59. The molecule has 0 bridgehead atoms. The minimum Gasteiger partial charge on any atom is -0.354 e. The Hall–Kier alpha value is -1.20. The number of hydrogen-bond donors (Lipinski definition) is 2. The minimum absolute atomic E-state index is 0. The van der Waals surface area contributed by atoms with Gasteiger partial charge in [0, 0.05) is 17.5 Å². The lowest BCUT2D eigenvalue weighted by atomic mass is 9.78. The predicted octanol–water partition coefficient (Wildman–Crippen LogP) is 2.66. The molecule has 1 amide bonds. The Bertz CT molecular complexity index is 482. The van der Waals surface area contributed by atoms with Crippen LogP contribution >= 0.6 is 12.4 Å². The molecule has 0 aromatic heterocycles. The highest BCUT2D eigenvalue weighted by Gasteiger charge is 2.40. The molecule has 1 aromatic carbocycles. The molecular weight excluding hydrogens is 298 g/mol. The maximum atomic E-state index is 14.1. The first kappa shape index (κ1) is 17.9. The van der Waals surface area contributed by atoms with Crippen molar-refractivity contribution in [2.24, 2.45) is 5.73 Å². The van der Waals surface area contributed by atoms with Crippen LogP contribution in [0.1, 0.15) is 38.2 Å². The van der Waals surface area contributed by atoms with Gasteiger partial charge >= 0.3 is 0 Å². The standard InChI is InChI=1S/C15H20F2N2O.ClH/c1-10(18)14(20)19-9-15(7-2-3-8-15)13-11(16)5-4-6-12(13)17;/h4-6,10H,2-3,7-9,18H2,1H3,(H,19,20);1H/t10-;/m0./s1. The van der Waals surface area contributed by atoms with Gasteiger partial charge in [-0.15, -0.1) is 12.4 Å². The van der Waals surface area contributed by atoms with Crippen molar-refractivity contribution < 1.29 is 13.6 Å². The first-order chi connectivity index (χ1) is 9.46. The number of rotatable bonds is 4. The van der Waals surface area contributed by atoms with E-state index in [0.717, 1.165) is 12.8 Å². The van der Waals surface area contributed by atoms with Crippen molar-refractivity contribution in [1.82, 2.24) is 5.32 Å². The molecule has 6 heteroatoms. The van der Waals surface area contributed by atoms with E-state index < -0.39 is 23.1 Å². The smallest absolute Gasteiger partial charge is 0.236 e. The Morgan fingerprint density at radius 3 is 2.33 bits per heavy atom. The second-order valence-corrected chi connectivity index (χ2v) is 5.59. The van der Waals surface area contributed by atoms with Crippen molar-refractivity contribution in [3.05, 3.63) is 35.4 Å². The molecule has 1 aromatic rings. The van der Waals surface area contributed by atoms with Crippen LogP contribution in [-0.4, -0.2) is 18.5 Å². The molecule has 1 aliphatic carbocycles. The fourth-order valence-corrected chi connectivity index (χ4v) is 2.99. The van der Waals surface area contributed by atoms with Crippen molar-refractivity contribution in [3.8, 4) is 0 Å². The molecule has 3 nitrogen and oxygen atoms in total. The number of amides is 1. The number of nitrogens with one attached hydrogen (secondary N) is 1. The van der Waals surface area contributed by atoms with Crippen LogP contribution in [-0.2, 0) is 10.2 Å². The summed E-state index contributed by atoms with van der Waals surface area (Å²) in [5, 5.41) is 2.72. The summed E-state index contributed by atoms with van der Waals surface area (Å²) in [6.07, 6.45) is 3.15. The van der Waals surface area contributed by atoms with Crippen LogP contribution in [0.5, 0.6) is 0 Å². The highest BCUT2D eigenvalue weighted by atomic mass is 35.5. The van der Waals surface area contributed by atoms with Crippen LogP contribution in [0, 0.1) is 11.6 Å².